The van der Waals surface area contributed by atoms with Gasteiger partial charge in [-0.2, -0.15) is 5.10 Å². The SMILES string of the molecule is COC(=O)/C=C1/S/C(=N\N=Cc2cc(F)ccc2CBr)NC1=O. The largest absolute Gasteiger partial charge is 0.466 e. The average Bonchev–Trinajstić information content (AvgIpc) is 2.87. The fraction of sp³-hybridized carbons (Fsp3) is 0.143. The van der Waals surface area contributed by atoms with E-state index in [1.54, 1.807) is 6.07 Å². The second-order valence-electron chi connectivity index (χ2n) is 4.21. The normalized spacial score (nSPS) is 18.0. The number of hydrogen-bond acceptors (Lipinski definition) is 6. The van der Waals surface area contributed by atoms with Gasteiger partial charge in [0.05, 0.1) is 18.2 Å². The van der Waals surface area contributed by atoms with Crippen LogP contribution >= 0.6 is 27.7 Å². The Labute approximate surface area is 144 Å². The Balaban J connectivity index is 2.12. The van der Waals surface area contributed by atoms with Crippen molar-refractivity contribution in [2.24, 2.45) is 10.2 Å². The fourth-order valence-corrected chi connectivity index (χ4v) is 2.84. The van der Waals surface area contributed by atoms with Crippen LogP contribution in [0.4, 0.5) is 4.39 Å². The number of alkyl halides is 1. The van der Waals surface area contributed by atoms with Gasteiger partial charge in [-0.1, -0.05) is 22.0 Å². The van der Waals surface area contributed by atoms with Crippen LogP contribution in [0, 0.1) is 5.82 Å². The summed E-state index contributed by atoms with van der Waals surface area (Å²) in [5.41, 5.74) is 1.43. The molecule has 0 spiro atoms. The van der Waals surface area contributed by atoms with Crippen molar-refractivity contribution >= 4 is 51.0 Å². The number of carbonyl (C=O) groups is 2. The van der Waals surface area contributed by atoms with Gasteiger partial charge in [-0.05, 0) is 29.5 Å². The van der Waals surface area contributed by atoms with E-state index in [0.717, 1.165) is 23.4 Å². The molecule has 0 radical (unpaired) electrons. The summed E-state index contributed by atoms with van der Waals surface area (Å²) in [4.78, 5) is 22.9. The van der Waals surface area contributed by atoms with Crippen LogP contribution in [0.25, 0.3) is 0 Å². The van der Waals surface area contributed by atoms with E-state index in [0.29, 0.717) is 10.9 Å². The average molecular weight is 400 g/mol. The molecule has 1 aliphatic rings. The van der Waals surface area contributed by atoms with E-state index in [1.165, 1.54) is 25.5 Å². The van der Waals surface area contributed by atoms with Gasteiger partial charge in [0.1, 0.15) is 5.82 Å². The van der Waals surface area contributed by atoms with E-state index in [9.17, 15) is 14.0 Å². The Morgan fingerprint density at radius 2 is 2.30 bits per heavy atom. The molecular formula is C14H11BrFN3O3S. The molecule has 1 aromatic rings. The molecule has 0 bridgehead atoms. The molecule has 0 atom stereocenters. The number of carbonyl (C=O) groups excluding carboxylic acids is 2. The molecule has 1 aliphatic heterocycles. The number of rotatable bonds is 4. The zero-order valence-corrected chi connectivity index (χ0v) is 14.3. The van der Waals surface area contributed by atoms with Gasteiger partial charge in [-0.25, -0.2) is 9.18 Å². The van der Waals surface area contributed by atoms with Crippen LogP contribution in [0.5, 0.6) is 0 Å². The van der Waals surface area contributed by atoms with Crippen molar-refractivity contribution in [2.45, 2.75) is 5.33 Å². The Bertz CT molecular complexity index is 734. The lowest BCUT2D eigenvalue weighted by Gasteiger charge is -2.00. The standard InChI is InChI=1S/C14H11BrFN3O3S/c1-22-12(20)5-11-13(21)18-14(23-11)19-17-7-9-4-10(16)3-2-8(9)6-15/h2-5,7H,6H2,1H3,(H,18,19,21)/b11-5+,17-7?. The number of thioether (sulfide) groups is 1. The number of methoxy groups -OCH3 is 1. The minimum Gasteiger partial charge on any atom is -0.466 e. The summed E-state index contributed by atoms with van der Waals surface area (Å²) in [6.07, 6.45) is 2.46. The van der Waals surface area contributed by atoms with Crippen molar-refractivity contribution in [2.75, 3.05) is 7.11 Å². The molecule has 1 fully saturated rings. The predicted molar refractivity (Wildman–Crippen MR) is 89.9 cm³/mol. The van der Waals surface area contributed by atoms with Gasteiger partial charge in [0.25, 0.3) is 5.91 Å². The summed E-state index contributed by atoms with van der Waals surface area (Å²) in [6.45, 7) is 0. The summed E-state index contributed by atoms with van der Waals surface area (Å²) >= 11 is 4.27. The molecule has 2 rings (SSSR count). The number of amidine groups is 1. The molecule has 1 heterocycles. The highest BCUT2D eigenvalue weighted by atomic mass is 79.9. The maximum absolute atomic E-state index is 13.2. The van der Waals surface area contributed by atoms with Gasteiger partial charge in [0.15, 0.2) is 5.17 Å². The monoisotopic (exact) mass is 399 g/mol. The highest BCUT2D eigenvalue weighted by Gasteiger charge is 2.24. The van der Waals surface area contributed by atoms with Gasteiger partial charge in [-0.15, -0.1) is 5.10 Å². The van der Waals surface area contributed by atoms with E-state index < -0.39 is 11.9 Å². The number of nitrogens with one attached hydrogen (secondary N) is 1. The molecule has 120 valence electrons. The molecule has 1 saturated heterocycles. The first kappa shape index (κ1) is 17.4. The number of benzene rings is 1. The Hall–Kier alpha value is -2.00. The first-order valence-electron chi connectivity index (χ1n) is 6.27. The van der Waals surface area contributed by atoms with E-state index >= 15 is 0 Å². The Morgan fingerprint density at radius 1 is 1.52 bits per heavy atom. The van der Waals surface area contributed by atoms with E-state index in [4.69, 9.17) is 0 Å². The first-order chi connectivity index (χ1) is 11.0. The number of nitrogens with zero attached hydrogens (tertiary/aromatic N) is 2. The topological polar surface area (TPSA) is 80.1 Å². The third-order valence-corrected chi connectivity index (χ3v) is 4.20. The number of esters is 1. The van der Waals surface area contributed by atoms with Crippen LogP contribution in [-0.4, -0.2) is 30.4 Å². The third kappa shape index (κ3) is 4.73. The van der Waals surface area contributed by atoms with Crippen molar-refractivity contribution in [3.05, 3.63) is 46.1 Å². The van der Waals surface area contributed by atoms with Crippen molar-refractivity contribution < 1.29 is 18.7 Å². The first-order valence-corrected chi connectivity index (χ1v) is 8.21. The van der Waals surface area contributed by atoms with Crippen LogP contribution in [0.3, 0.4) is 0 Å². The van der Waals surface area contributed by atoms with Crippen molar-refractivity contribution in [1.82, 2.24) is 5.32 Å². The van der Waals surface area contributed by atoms with Crippen LogP contribution < -0.4 is 5.32 Å². The van der Waals surface area contributed by atoms with E-state index in [-0.39, 0.29) is 15.9 Å². The van der Waals surface area contributed by atoms with E-state index in [2.05, 4.69) is 36.2 Å². The second kappa shape index (κ2) is 8.02. The van der Waals surface area contributed by atoms with Gasteiger partial charge >= 0.3 is 5.97 Å². The summed E-state index contributed by atoms with van der Waals surface area (Å²) < 4.78 is 17.7. The smallest absolute Gasteiger partial charge is 0.331 e. The van der Waals surface area contributed by atoms with Crippen LogP contribution in [0.1, 0.15) is 11.1 Å². The second-order valence-corrected chi connectivity index (χ2v) is 5.81. The molecule has 1 N–H and O–H groups in total. The molecule has 0 unspecified atom stereocenters. The molecule has 23 heavy (non-hydrogen) atoms. The van der Waals surface area contributed by atoms with Gasteiger partial charge < -0.3 is 4.74 Å². The zero-order valence-electron chi connectivity index (χ0n) is 11.9. The van der Waals surface area contributed by atoms with Crippen molar-refractivity contribution in [3.63, 3.8) is 0 Å². The van der Waals surface area contributed by atoms with Gasteiger partial charge in [0.2, 0.25) is 0 Å². The van der Waals surface area contributed by atoms with Crippen LogP contribution in [0.2, 0.25) is 0 Å². The maximum atomic E-state index is 13.2. The summed E-state index contributed by atoms with van der Waals surface area (Å²) in [6, 6.07) is 4.34. The predicted octanol–water partition coefficient (Wildman–Crippen LogP) is 2.33. The lowest BCUT2D eigenvalue weighted by Crippen LogP contribution is -2.19. The molecule has 6 nitrogen and oxygen atoms in total. The molecule has 0 aromatic heterocycles. The quantitative estimate of drug-likeness (QED) is 0.277. The third-order valence-electron chi connectivity index (χ3n) is 2.70. The lowest BCUT2D eigenvalue weighted by molar-refractivity contribution is -0.135. The number of halogens is 2. The molecular weight excluding hydrogens is 389 g/mol. The highest BCUT2D eigenvalue weighted by molar-refractivity contribution is 9.08. The van der Waals surface area contributed by atoms with Crippen LogP contribution in [-0.2, 0) is 19.7 Å². The number of hydrogen-bond donors (Lipinski definition) is 1. The molecule has 0 saturated carbocycles. The maximum Gasteiger partial charge on any atom is 0.331 e. The highest BCUT2D eigenvalue weighted by Crippen LogP contribution is 2.23. The van der Waals surface area contributed by atoms with E-state index in [1.807, 2.05) is 0 Å². The Kier molecular flexibility index (Phi) is 6.05. The zero-order chi connectivity index (χ0) is 16.8. The Morgan fingerprint density at radius 3 is 3.00 bits per heavy atom. The number of amides is 1. The lowest BCUT2D eigenvalue weighted by atomic mass is 10.1. The van der Waals surface area contributed by atoms with Crippen LogP contribution in [0.15, 0.2) is 39.4 Å². The molecule has 0 aliphatic carbocycles. The van der Waals surface area contributed by atoms with Crippen molar-refractivity contribution in [1.29, 1.82) is 0 Å². The molecule has 1 amide bonds. The molecule has 1 aromatic carbocycles. The summed E-state index contributed by atoms with van der Waals surface area (Å²) in [7, 11) is 1.22. The minimum atomic E-state index is -0.630. The minimum absolute atomic E-state index is 0.165. The van der Waals surface area contributed by atoms with Crippen molar-refractivity contribution in [3.8, 4) is 0 Å². The summed E-state index contributed by atoms with van der Waals surface area (Å²) in [5.74, 6) is -1.47. The number of ether oxygens (including phenoxy) is 1. The summed E-state index contributed by atoms with van der Waals surface area (Å²) in [5, 5.41) is 10.9. The fourth-order valence-electron chi connectivity index (χ4n) is 1.59. The molecule has 9 heteroatoms. The van der Waals surface area contributed by atoms with Gasteiger partial charge in [-0.3, -0.25) is 10.1 Å². The van der Waals surface area contributed by atoms with Gasteiger partial charge in [0, 0.05) is 17.0 Å².